The van der Waals surface area contributed by atoms with E-state index < -0.39 is 11.9 Å². The average Bonchev–Trinajstić information content (AvgIpc) is 2.78. The molecule has 7 nitrogen and oxygen atoms in total. The summed E-state index contributed by atoms with van der Waals surface area (Å²) in [6.45, 7) is -0.300. The van der Waals surface area contributed by atoms with Crippen LogP contribution in [-0.2, 0) is 4.79 Å². The predicted molar refractivity (Wildman–Crippen MR) is 115 cm³/mol. The Morgan fingerprint density at radius 1 is 1.06 bits per heavy atom. The number of amides is 1. The molecule has 0 aromatic heterocycles. The molecule has 1 amide bonds. The van der Waals surface area contributed by atoms with Gasteiger partial charge in [-0.15, -0.1) is 0 Å². The smallest absolute Gasteiger partial charge is 0.345 e. The third kappa shape index (κ3) is 6.16. The summed E-state index contributed by atoms with van der Waals surface area (Å²) in [4.78, 5) is 24.1. The van der Waals surface area contributed by atoms with Crippen molar-refractivity contribution in [3.63, 3.8) is 0 Å². The molecule has 0 aliphatic heterocycles. The lowest BCUT2D eigenvalue weighted by atomic mass is 10.2. The van der Waals surface area contributed by atoms with Crippen molar-refractivity contribution in [2.45, 2.75) is 0 Å². The van der Waals surface area contributed by atoms with E-state index in [1.165, 1.54) is 6.21 Å². The number of esters is 1. The number of nitrogens with one attached hydrogen (secondary N) is 1. The van der Waals surface area contributed by atoms with Crippen LogP contribution in [0, 0.1) is 11.3 Å². The Balaban J connectivity index is 1.54. The van der Waals surface area contributed by atoms with E-state index in [1.54, 1.807) is 72.8 Å². The molecule has 0 aliphatic carbocycles. The number of hydrogen-bond acceptors (Lipinski definition) is 6. The minimum atomic E-state index is -0.581. The quantitative estimate of drug-likeness (QED) is 0.263. The molecule has 0 aliphatic rings. The molecule has 0 unspecified atom stereocenters. The first kappa shape index (κ1) is 21.6. The maximum Gasteiger partial charge on any atom is 0.345 e. The lowest BCUT2D eigenvalue weighted by Gasteiger charge is -2.07. The van der Waals surface area contributed by atoms with Crippen LogP contribution in [0.3, 0.4) is 0 Å². The first-order valence-corrected chi connectivity index (χ1v) is 9.45. The molecule has 0 bridgehead atoms. The number of ether oxygens (including phenoxy) is 2. The number of hydrazone groups is 1. The normalized spacial score (nSPS) is 10.3. The van der Waals surface area contributed by atoms with E-state index in [1.807, 2.05) is 6.07 Å². The molecular formula is C23H16ClN3O4. The van der Waals surface area contributed by atoms with Gasteiger partial charge in [0, 0.05) is 0 Å². The predicted octanol–water partition coefficient (Wildman–Crippen LogP) is 3.96. The van der Waals surface area contributed by atoms with Crippen LogP contribution in [0.2, 0.25) is 5.02 Å². The van der Waals surface area contributed by atoms with Gasteiger partial charge in [-0.2, -0.15) is 10.4 Å². The summed E-state index contributed by atoms with van der Waals surface area (Å²) in [7, 11) is 0. The Hall–Kier alpha value is -4.15. The Bertz CT molecular complexity index is 1170. The van der Waals surface area contributed by atoms with Gasteiger partial charge in [0.2, 0.25) is 0 Å². The second-order valence-corrected chi connectivity index (χ2v) is 6.54. The van der Waals surface area contributed by atoms with E-state index in [-0.39, 0.29) is 12.2 Å². The molecule has 0 radical (unpaired) electrons. The van der Waals surface area contributed by atoms with E-state index in [0.717, 1.165) is 0 Å². The van der Waals surface area contributed by atoms with Crippen LogP contribution < -0.4 is 14.9 Å². The molecule has 3 rings (SSSR count). The lowest BCUT2D eigenvalue weighted by molar-refractivity contribution is -0.123. The van der Waals surface area contributed by atoms with Crippen molar-refractivity contribution >= 4 is 29.7 Å². The molecule has 0 fully saturated rings. The molecule has 0 spiro atoms. The fraction of sp³-hybridized carbons (Fsp3) is 0.0435. The van der Waals surface area contributed by atoms with E-state index in [4.69, 9.17) is 26.3 Å². The van der Waals surface area contributed by atoms with Gasteiger partial charge in [0.05, 0.1) is 22.4 Å². The second-order valence-electron chi connectivity index (χ2n) is 6.13. The van der Waals surface area contributed by atoms with Gasteiger partial charge < -0.3 is 9.47 Å². The first-order valence-electron chi connectivity index (χ1n) is 9.07. The van der Waals surface area contributed by atoms with Crippen molar-refractivity contribution in [2.24, 2.45) is 5.10 Å². The summed E-state index contributed by atoms with van der Waals surface area (Å²) in [5.74, 6) is -0.457. The van der Waals surface area contributed by atoms with E-state index in [0.29, 0.717) is 27.6 Å². The molecule has 154 valence electrons. The SMILES string of the molecule is N#Cc1ccccc1OCC(=O)NN=Cc1cccc(OC(=O)c2ccccc2Cl)c1. The molecule has 3 aromatic carbocycles. The molecule has 0 saturated carbocycles. The maximum atomic E-state index is 12.3. The minimum absolute atomic E-state index is 0.258. The van der Waals surface area contributed by atoms with Gasteiger partial charge in [-0.3, -0.25) is 4.79 Å². The molecule has 3 aromatic rings. The number of para-hydroxylation sites is 1. The highest BCUT2D eigenvalue weighted by atomic mass is 35.5. The molecule has 0 atom stereocenters. The van der Waals surface area contributed by atoms with Crippen LogP contribution in [-0.4, -0.2) is 24.7 Å². The van der Waals surface area contributed by atoms with Crippen LogP contribution in [0.15, 0.2) is 77.9 Å². The van der Waals surface area contributed by atoms with Crippen molar-refractivity contribution in [1.29, 1.82) is 5.26 Å². The average molecular weight is 434 g/mol. The van der Waals surface area contributed by atoms with Crippen LogP contribution in [0.5, 0.6) is 11.5 Å². The molecule has 31 heavy (non-hydrogen) atoms. The Morgan fingerprint density at radius 2 is 1.84 bits per heavy atom. The van der Waals surface area contributed by atoms with Gasteiger partial charge in [-0.25, -0.2) is 10.2 Å². The highest BCUT2D eigenvalue weighted by Gasteiger charge is 2.12. The van der Waals surface area contributed by atoms with Crippen molar-refractivity contribution in [3.8, 4) is 17.6 Å². The van der Waals surface area contributed by atoms with Gasteiger partial charge in [0.1, 0.15) is 17.6 Å². The summed E-state index contributed by atoms with van der Waals surface area (Å²) in [6, 6.07) is 21.8. The fourth-order valence-corrected chi connectivity index (χ4v) is 2.70. The van der Waals surface area contributed by atoms with Gasteiger partial charge in [0.15, 0.2) is 6.61 Å². The summed E-state index contributed by atoms with van der Waals surface area (Å²) in [6.07, 6.45) is 1.40. The van der Waals surface area contributed by atoms with Gasteiger partial charge in [0.25, 0.3) is 5.91 Å². The zero-order valence-electron chi connectivity index (χ0n) is 16.1. The standard InChI is InChI=1S/C23H16ClN3O4/c24-20-10-3-2-9-19(20)23(29)31-18-8-5-6-16(12-18)14-26-27-22(28)15-30-21-11-4-1-7-17(21)13-25/h1-12,14H,15H2,(H,27,28). The van der Waals surface area contributed by atoms with Gasteiger partial charge >= 0.3 is 5.97 Å². The van der Waals surface area contributed by atoms with Crippen LogP contribution in [0.1, 0.15) is 21.5 Å². The summed E-state index contributed by atoms with van der Waals surface area (Å²) >= 11 is 6.01. The van der Waals surface area contributed by atoms with E-state index in [9.17, 15) is 9.59 Å². The largest absolute Gasteiger partial charge is 0.482 e. The minimum Gasteiger partial charge on any atom is -0.482 e. The summed E-state index contributed by atoms with van der Waals surface area (Å²) in [5, 5.41) is 13.2. The molecule has 0 heterocycles. The maximum absolute atomic E-state index is 12.3. The van der Waals surface area contributed by atoms with Gasteiger partial charge in [-0.05, 0) is 42.0 Å². The number of benzene rings is 3. The summed E-state index contributed by atoms with van der Waals surface area (Å²) < 4.78 is 10.7. The monoisotopic (exact) mass is 433 g/mol. The number of nitrogens with zero attached hydrogens (tertiary/aromatic N) is 2. The summed E-state index contributed by atoms with van der Waals surface area (Å²) in [5.41, 5.74) is 3.52. The van der Waals surface area contributed by atoms with Crippen molar-refractivity contribution in [3.05, 3.63) is 94.5 Å². The van der Waals surface area contributed by atoms with Gasteiger partial charge in [-0.1, -0.05) is 48.0 Å². The number of carbonyl (C=O) groups excluding carboxylic acids is 2. The Kier molecular flexibility index (Phi) is 7.35. The van der Waals surface area contributed by atoms with E-state index >= 15 is 0 Å². The van der Waals surface area contributed by atoms with Crippen LogP contribution in [0.25, 0.3) is 0 Å². The molecular weight excluding hydrogens is 418 g/mol. The molecule has 8 heteroatoms. The Labute approximate surface area is 183 Å². The number of rotatable bonds is 7. The number of hydrogen-bond donors (Lipinski definition) is 1. The highest BCUT2D eigenvalue weighted by Crippen LogP contribution is 2.19. The number of nitriles is 1. The second kappa shape index (κ2) is 10.6. The number of halogens is 1. The third-order valence-electron chi connectivity index (χ3n) is 3.93. The zero-order valence-corrected chi connectivity index (χ0v) is 16.9. The van der Waals surface area contributed by atoms with Crippen molar-refractivity contribution in [2.75, 3.05) is 6.61 Å². The topological polar surface area (TPSA) is 101 Å². The highest BCUT2D eigenvalue weighted by molar-refractivity contribution is 6.33. The third-order valence-corrected chi connectivity index (χ3v) is 4.26. The Morgan fingerprint density at radius 3 is 2.65 bits per heavy atom. The van der Waals surface area contributed by atoms with Crippen LogP contribution >= 0.6 is 11.6 Å². The zero-order chi connectivity index (χ0) is 22.1. The lowest BCUT2D eigenvalue weighted by Crippen LogP contribution is -2.24. The fourth-order valence-electron chi connectivity index (χ4n) is 2.49. The van der Waals surface area contributed by atoms with Crippen molar-refractivity contribution < 1.29 is 19.1 Å². The van der Waals surface area contributed by atoms with E-state index in [2.05, 4.69) is 10.5 Å². The number of carbonyl (C=O) groups is 2. The van der Waals surface area contributed by atoms with Crippen molar-refractivity contribution in [1.82, 2.24) is 5.43 Å². The first-order chi connectivity index (χ1) is 15.1. The molecule has 1 N–H and O–H groups in total. The molecule has 0 saturated heterocycles. The van der Waals surface area contributed by atoms with Crippen LogP contribution in [0.4, 0.5) is 0 Å².